The summed E-state index contributed by atoms with van der Waals surface area (Å²) < 4.78 is 4.85. The van der Waals surface area contributed by atoms with Crippen LogP contribution in [0.25, 0.3) is 0 Å². The van der Waals surface area contributed by atoms with Gasteiger partial charge in [-0.05, 0) is 18.8 Å². The van der Waals surface area contributed by atoms with E-state index in [1.807, 2.05) is 0 Å². The second kappa shape index (κ2) is 4.32. The van der Waals surface area contributed by atoms with E-state index in [9.17, 15) is 4.79 Å². The van der Waals surface area contributed by atoms with Gasteiger partial charge in [-0.1, -0.05) is 0 Å². The molecule has 5 nitrogen and oxygen atoms in total. The minimum absolute atomic E-state index is 0.187. The molecule has 1 fully saturated rings. The average molecular weight is 275 g/mol. The molecule has 1 heterocycles. The van der Waals surface area contributed by atoms with Gasteiger partial charge in [0.2, 0.25) is 0 Å². The Morgan fingerprint density at radius 3 is 3.00 bits per heavy atom. The Morgan fingerprint density at radius 2 is 2.47 bits per heavy atom. The molecule has 0 bridgehead atoms. The summed E-state index contributed by atoms with van der Waals surface area (Å²) in [5.41, 5.74) is 0.266. The molecule has 0 unspecified atom stereocenters. The van der Waals surface area contributed by atoms with Crippen LogP contribution in [0.4, 0.5) is 0 Å². The van der Waals surface area contributed by atoms with E-state index in [1.165, 1.54) is 6.26 Å². The van der Waals surface area contributed by atoms with Crippen LogP contribution in [0.3, 0.4) is 0 Å². The van der Waals surface area contributed by atoms with Crippen LogP contribution in [0.2, 0.25) is 0 Å². The minimum Gasteiger partial charge on any atom is -0.439 e. The molecule has 15 heavy (non-hydrogen) atoms. The second-order valence-corrected chi connectivity index (χ2v) is 4.37. The zero-order valence-corrected chi connectivity index (χ0v) is 9.53. The highest BCUT2D eigenvalue weighted by Gasteiger charge is 2.27. The molecule has 0 aliphatic heterocycles. The molecule has 6 heteroatoms. The number of aromatic nitrogens is 1. The van der Waals surface area contributed by atoms with E-state index in [0.717, 1.165) is 12.8 Å². The Bertz CT molecular complexity index is 360. The third-order valence-electron chi connectivity index (χ3n) is 2.47. The Labute approximate surface area is 95.0 Å². The van der Waals surface area contributed by atoms with Crippen molar-refractivity contribution in [3.05, 3.63) is 16.8 Å². The van der Waals surface area contributed by atoms with Gasteiger partial charge in [-0.3, -0.25) is 4.79 Å². The van der Waals surface area contributed by atoms with Gasteiger partial charge in [0.15, 0.2) is 5.69 Å². The lowest BCUT2D eigenvalue weighted by atomic mass is 9.82. The Hall–Kier alpha value is -0.880. The highest BCUT2D eigenvalue weighted by Crippen LogP contribution is 2.26. The Balaban J connectivity index is 1.78. The second-order valence-electron chi connectivity index (χ2n) is 3.69. The van der Waals surface area contributed by atoms with Crippen molar-refractivity contribution in [2.75, 3.05) is 6.54 Å². The molecule has 0 radical (unpaired) electrons. The van der Waals surface area contributed by atoms with Gasteiger partial charge in [-0.15, -0.1) is 0 Å². The summed E-state index contributed by atoms with van der Waals surface area (Å²) in [6.07, 6.45) is 2.65. The summed E-state index contributed by atoms with van der Waals surface area (Å²) in [7, 11) is 0. The monoisotopic (exact) mass is 274 g/mol. The summed E-state index contributed by atoms with van der Waals surface area (Å²) in [5, 5.41) is 11.8. The van der Waals surface area contributed by atoms with E-state index >= 15 is 0 Å². The van der Waals surface area contributed by atoms with E-state index in [0.29, 0.717) is 17.3 Å². The fraction of sp³-hybridized carbons (Fsp3) is 0.556. The lowest BCUT2D eigenvalue weighted by Gasteiger charge is -2.31. The summed E-state index contributed by atoms with van der Waals surface area (Å²) >= 11 is 3.02. The van der Waals surface area contributed by atoms with E-state index in [1.54, 1.807) is 0 Å². The lowest BCUT2D eigenvalue weighted by Crippen LogP contribution is -2.38. The molecule has 0 atom stereocenters. The fourth-order valence-corrected chi connectivity index (χ4v) is 1.84. The number of nitrogens with one attached hydrogen (secondary N) is 1. The quantitative estimate of drug-likeness (QED) is 0.860. The SMILES string of the molecule is O=C(NCC1CC(O)C1)c1coc(Br)n1. The lowest BCUT2D eigenvalue weighted by molar-refractivity contribution is 0.0419. The normalized spacial score (nSPS) is 24.7. The number of carbonyl (C=O) groups is 1. The predicted octanol–water partition coefficient (Wildman–Crippen LogP) is 0.938. The van der Waals surface area contributed by atoms with Crippen molar-refractivity contribution in [1.82, 2.24) is 10.3 Å². The van der Waals surface area contributed by atoms with E-state index < -0.39 is 0 Å². The number of aliphatic hydroxyl groups excluding tert-OH is 1. The maximum Gasteiger partial charge on any atom is 0.273 e. The van der Waals surface area contributed by atoms with E-state index in [4.69, 9.17) is 9.52 Å². The number of aliphatic hydroxyl groups is 1. The first kappa shape index (κ1) is 10.6. The number of amides is 1. The van der Waals surface area contributed by atoms with Crippen LogP contribution >= 0.6 is 15.9 Å². The Kier molecular flexibility index (Phi) is 3.06. The van der Waals surface area contributed by atoms with Crippen molar-refractivity contribution >= 4 is 21.8 Å². The van der Waals surface area contributed by atoms with Crippen molar-refractivity contribution in [3.63, 3.8) is 0 Å². The first-order chi connectivity index (χ1) is 7.15. The van der Waals surface area contributed by atoms with Crippen LogP contribution in [0.15, 0.2) is 15.5 Å². The van der Waals surface area contributed by atoms with Crippen molar-refractivity contribution in [2.24, 2.45) is 5.92 Å². The summed E-state index contributed by atoms with van der Waals surface area (Å²) in [6.45, 7) is 0.584. The van der Waals surface area contributed by atoms with Crippen LogP contribution < -0.4 is 5.32 Å². The van der Waals surface area contributed by atoms with Gasteiger partial charge in [-0.2, -0.15) is 4.98 Å². The highest BCUT2D eigenvalue weighted by molar-refractivity contribution is 9.10. The maximum absolute atomic E-state index is 11.5. The topological polar surface area (TPSA) is 75.4 Å². The molecule has 1 aromatic rings. The number of halogens is 1. The Morgan fingerprint density at radius 1 is 1.73 bits per heavy atom. The van der Waals surface area contributed by atoms with E-state index in [-0.39, 0.29) is 17.7 Å². The first-order valence-electron chi connectivity index (χ1n) is 4.72. The fourth-order valence-electron chi connectivity index (χ4n) is 1.55. The number of carbonyl (C=O) groups excluding carboxylic acids is 1. The number of oxazole rings is 1. The van der Waals surface area contributed by atoms with Crippen molar-refractivity contribution in [2.45, 2.75) is 18.9 Å². The molecular weight excluding hydrogens is 264 g/mol. The van der Waals surface area contributed by atoms with Crippen LogP contribution in [-0.4, -0.2) is 28.6 Å². The molecule has 0 aromatic carbocycles. The summed E-state index contributed by atoms with van der Waals surface area (Å²) in [5.74, 6) is 0.144. The van der Waals surface area contributed by atoms with Gasteiger partial charge in [0.05, 0.1) is 6.10 Å². The van der Waals surface area contributed by atoms with Crippen molar-refractivity contribution in [1.29, 1.82) is 0 Å². The molecule has 1 aliphatic rings. The number of hydrogen-bond donors (Lipinski definition) is 2. The van der Waals surface area contributed by atoms with Gasteiger partial charge in [0.25, 0.3) is 10.7 Å². The largest absolute Gasteiger partial charge is 0.439 e. The summed E-state index contributed by atoms with van der Waals surface area (Å²) in [4.78, 5) is 15.6. The minimum atomic E-state index is -0.245. The molecule has 1 aromatic heterocycles. The number of rotatable bonds is 3. The molecule has 1 amide bonds. The first-order valence-corrected chi connectivity index (χ1v) is 5.51. The average Bonchev–Trinajstić information content (AvgIpc) is 2.57. The molecule has 0 saturated heterocycles. The van der Waals surface area contributed by atoms with Gasteiger partial charge < -0.3 is 14.8 Å². The van der Waals surface area contributed by atoms with Gasteiger partial charge in [0, 0.05) is 22.5 Å². The predicted molar refractivity (Wildman–Crippen MR) is 55.3 cm³/mol. The third kappa shape index (κ3) is 2.57. The molecular formula is C9H11BrN2O3. The van der Waals surface area contributed by atoms with Crippen LogP contribution in [-0.2, 0) is 0 Å². The van der Waals surface area contributed by atoms with Gasteiger partial charge >= 0.3 is 0 Å². The van der Waals surface area contributed by atoms with Gasteiger partial charge in [-0.25, -0.2) is 0 Å². The zero-order chi connectivity index (χ0) is 10.8. The van der Waals surface area contributed by atoms with Crippen molar-refractivity contribution < 1.29 is 14.3 Å². The zero-order valence-electron chi connectivity index (χ0n) is 7.94. The van der Waals surface area contributed by atoms with Crippen LogP contribution in [0.5, 0.6) is 0 Å². The van der Waals surface area contributed by atoms with Gasteiger partial charge in [0.1, 0.15) is 6.26 Å². The molecule has 1 aliphatic carbocycles. The molecule has 2 rings (SSSR count). The van der Waals surface area contributed by atoms with Crippen LogP contribution in [0, 0.1) is 5.92 Å². The number of nitrogens with zero attached hydrogens (tertiary/aromatic N) is 1. The molecule has 2 N–H and O–H groups in total. The highest BCUT2D eigenvalue weighted by atomic mass is 79.9. The standard InChI is InChI=1S/C9H11BrN2O3/c10-9-12-7(4-15-9)8(14)11-3-5-1-6(13)2-5/h4-6,13H,1-3H2,(H,11,14). The molecule has 0 spiro atoms. The smallest absolute Gasteiger partial charge is 0.273 e. The number of hydrogen-bond acceptors (Lipinski definition) is 4. The van der Waals surface area contributed by atoms with Crippen molar-refractivity contribution in [3.8, 4) is 0 Å². The maximum atomic E-state index is 11.5. The van der Waals surface area contributed by atoms with Crippen LogP contribution in [0.1, 0.15) is 23.3 Å². The molecule has 82 valence electrons. The molecule has 1 saturated carbocycles. The van der Waals surface area contributed by atoms with E-state index in [2.05, 4.69) is 26.2 Å². The summed E-state index contributed by atoms with van der Waals surface area (Å²) in [6, 6.07) is 0. The third-order valence-corrected chi connectivity index (χ3v) is 2.84.